The molecule has 0 bridgehead atoms. The first kappa shape index (κ1) is 13.9. The maximum absolute atomic E-state index is 10.3. The van der Waals surface area contributed by atoms with Gasteiger partial charge in [-0.15, -0.1) is 0 Å². The number of carboxylic acids is 1. The highest BCUT2D eigenvalue weighted by atomic mass is 79.9. The van der Waals surface area contributed by atoms with E-state index < -0.39 is 5.97 Å². The fourth-order valence-corrected chi connectivity index (χ4v) is 1.66. The van der Waals surface area contributed by atoms with Gasteiger partial charge >= 0.3 is 5.97 Å². The normalized spacial score (nSPS) is 11.2. The van der Waals surface area contributed by atoms with Crippen LogP contribution in [0.3, 0.4) is 0 Å². The largest absolute Gasteiger partial charge is 0.478 e. The number of rotatable bonds is 6. The minimum absolute atomic E-state index is 0.656. The number of hydrogen-bond donors (Lipinski definition) is 1. The molecule has 0 saturated heterocycles. The molecule has 0 aliphatic carbocycles. The maximum Gasteiger partial charge on any atom is 0.328 e. The van der Waals surface area contributed by atoms with Gasteiger partial charge in [0.2, 0.25) is 0 Å². The van der Waals surface area contributed by atoms with Crippen molar-refractivity contribution in [3.63, 3.8) is 0 Å². The summed E-state index contributed by atoms with van der Waals surface area (Å²) < 4.78 is 1.08. The molecule has 1 rings (SSSR count). The van der Waals surface area contributed by atoms with Gasteiger partial charge in [-0.2, -0.15) is 0 Å². The van der Waals surface area contributed by atoms with Crippen molar-refractivity contribution in [2.24, 2.45) is 0 Å². The molecule has 0 atom stereocenters. The molecular weight excluding hydrogens is 282 g/mol. The van der Waals surface area contributed by atoms with E-state index in [0.29, 0.717) is 6.54 Å². The summed E-state index contributed by atoms with van der Waals surface area (Å²) >= 11 is 3.40. The van der Waals surface area contributed by atoms with Crippen molar-refractivity contribution in [1.82, 2.24) is 4.90 Å². The Balaban J connectivity index is 2.30. The van der Waals surface area contributed by atoms with Crippen molar-refractivity contribution >= 4 is 21.9 Å². The molecule has 1 aromatic carbocycles. The Morgan fingerprint density at radius 3 is 2.65 bits per heavy atom. The lowest BCUT2D eigenvalue weighted by Crippen LogP contribution is -2.21. The first-order valence-electron chi connectivity index (χ1n) is 5.40. The monoisotopic (exact) mass is 297 g/mol. The Morgan fingerprint density at radius 2 is 2.06 bits per heavy atom. The van der Waals surface area contributed by atoms with Gasteiger partial charge in [0.25, 0.3) is 0 Å². The second-order valence-corrected chi connectivity index (χ2v) is 4.79. The molecule has 0 aliphatic heterocycles. The number of carboxylic acid groups (broad SMARTS) is 1. The van der Waals surface area contributed by atoms with Gasteiger partial charge in [0.1, 0.15) is 0 Å². The third-order valence-corrected chi connectivity index (χ3v) is 2.90. The minimum atomic E-state index is -0.897. The van der Waals surface area contributed by atoms with Crippen LogP contribution in [0.25, 0.3) is 0 Å². The van der Waals surface area contributed by atoms with Crippen LogP contribution >= 0.6 is 15.9 Å². The van der Waals surface area contributed by atoms with Crippen molar-refractivity contribution in [2.45, 2.75) is 6.42 Å². The van der Waals surface area contributed by atoms with Crippen molar-refractivity contribution in [1.29, 1.82) is 0 Å². The van der Waals surface area contributed by atoms with Gasteiger partial charge in [0.05, 0.1) is 0 Å². The van der Waals surface area contributed by atoms with Gasteiger partial charge in [0, 0.05) is 23.6 Å². The lowest BCUT2D eigenvalue weighted by Gasteiger charge is -2.13. The van der Waals surface area contributed by atoms with Crippen LogP contribution < -0.4 is 0 Å². The second kappa shape index (κ2) is 7.25. The lowest BCUT2D eigenvalue weighted by molar-refractivity contribution is -0.131. The minimum Gasteiger partial charge on any atom is -0.478 e. The van der Waals surface area contributed by atoms with Crippen LogP contribution in [0.15, 0.2) is 40.9 Å². The first-order chi connectivity index (χ1) is 8.08. The maximum atomic E-state index is 10.3. The van der Waals surface area contributed by atoms with Gasteiger partial charge in [-0.3, -0.25) is 0 Å². The molecule has 0 heterocycles. The van der Waals surface area contributed by atoms with Crippen LogP contribution in [0.5, 0.6) is 0 Å². The molecule has 0 radical (unpaired) electrons. The molecule has 92 valence electrons. The Kier molecular flexibility index (Phi) is 5.94. The quantitative estimate of drug-likeness (QED) is 0.821. The predicted molar refractivity (Wildman–Crippen MR) is 72.1 cm³/mol. The third kappa shape index (κ3) is 6.24. The van der Waals surface area contributed by atoms with E-state index >= 15 is 0 Å². The van der Waals surface area contributed by atoms with E-state index in [9.17, 15) is 4.79 Å². The fraction of sp³-hybridized carbons (Fsp3) is 0.308. The molecule has 0 saturated carbocycles. The number of aliphatic carboxylic acids is 1. The first-order valence-corrected chi connectivity index (χ1v) is 6.19. The van der Waals surface area contributed by atoms with Crippen LogP contribution in [0.1, 0.15) is 5.56 Å². The fourth-order valence-electron chi connectivity index (χ4n) is 1.40. The average molecular weight is 298 g/mol. The van der Waals surface area contributed by atoms with Gasteiger partial charge in [0.15, 0.2) is 0 Å². The number of nitrogens with zero attached hydrogens (tertiary/aromatic N) is 1. The van der Waals surface area contributed by atoms with Gasteiger partial charge in [-0.1, -0.05) is 34.1 Å². The summed E-state index contributed by atoms with van der Waals surface area (Å²) in [6.07, 6.45) is 3.80. The third-order valence-electron chi connectivity index (χ3n) is 2.37. The highest BCUT2D eigenvalue weighted by Gasteiger charge is 1.98. The molecule has 0 fully saturated rings. The number of hydrogen-bond acceptors (Lipinski definition) is 2. The van der Waals surface area contributed by atoms with Crippen molar-refractivity contribution < 1.29 is 9.90 Å². The summed E-state index contributed by atoms with van der Waals surface area (Å²) in [5.41, 5.74) is 1.28. The van der Waals surface area contributed by atoms with E-state index in [4.69, 9.17) is 5.11 Å². The van der Waals surface area contributed by atoms with Crippen LogP contribution in [-0.2, 0) is 11.2 Å². The molecule has 0 aromatic heterocycles. The highest BCUT2D eigenvalue weighted by molar-refractivity contribution is 9.10. The van der Waals surface area contributed by atoms with Gasteiger partial charge in [-0.05, 0) is 31.2 Å². The summed E-state index contributed by atoms with van der Waals surface area (Å²) in [7, 11) is 1.98. The number of benzene rings is 1. The number of halogens is 1. The van der Waals surface area contributed by atoms with E-state index in [1.54, 1.807) is 6.08 Å². The van der Waals surface area contributed by atoms with Crippen LogP contribution in [0.4, 0.5) is 0 Å². The lowest BCUT2D eigenvalue weighted by atomic mass is 10.1. The van der Waals surface area contributed by atoms with E-state index in [1.807, 2.05) is 19.2 Å². The molecule has 1 aromatic rings. The zero-order chi connectivity index (χ0) is 12.7. The van der Waals surface area contributed by atoms with Crippen LogP contribution in [0, 0.1) is 0 Å². The Labute approximate surface area is 110 Å². The van der Waals surface area contributed by atoms with Crippen molar-refractivity contribution in [3.05, 3.63) is 46.5 Å². The zero-order valence-corrected chi connectivity index (χ0v) is 11.4. The predicted octanol–water partition coefficient (Wildman–Crippen LogP) is 2.56. The SMILES string of the molecule is CN(C/C=C/C(=O)O)CCc1ccc(Br)cc1. The van der Waals surface area contributed by atoms with E-state index in [-0.39, 0.29) is 0 Å². The molecule has 0 aliphatic rings. The van der Waals surface area contributed by atoms with Crippen molar-refractivity contribution in [2.75, 3.05) is 20.1 Å². The van der Waals surface area contributed by atoms with Crippen LogP contribution in [-0.4, -0.2) is 36.1 Å². The number of likely N-dealkylation sites (N-methyl/N-ethyl adjacent to an activating group) is 1. The molecule has 3 nitrogen and oxygen atoms in total. The standard InChI is InChI=1S/C13H16BrNO2/c1-15(9-2-3-13(16)17)10-8-11-4-6-12(14)7-5-11/h2-7H,8-10H2,1H3,(H,16,17)/b3-2+. The molecule has 4 heteroatoms. The summed E-state index contributed by atoms with van der Waals surface area (Å²) in [5, 5.41) is 8.45. The molecule has 0 amide bonds. The Morgan fingerprint density at radius 1 is 1.41 bits per heavy atom. The summed E-state index contributed by atoms with van der Waals surface area (Å²) in [4.78, 5) is 12.4. The van der Waals surface area contributed by atoms with Crippen molar-refractivity contribution in [3.8, 4) is 0 Å². The summed E-state index contributed by atoms with van der Waals surface area (Å²) in [5.74, 6) is -0.897. The molecule has 0 unspecified atom stereocenters. The highest BCUT2D eigenvalue weighted by Crippen LogP contribution is 2.10. The molecule has 17 heavy (non-hydrogen) atoms. The molecular formula is C13H16BrNO2. The molecule has 1 N–H and O–H groups in total. The molecule has 0 spiro atoms. The zero-order valence-electron chi connectivity index (χ0n) is 9.77. The van der Waals surface area contributed by atoms with Gasteiger partial charge in [-0.25, -0.2) is 4.79 Å². The Bertz CT molecular complexity index is 387. The van der Waals surface area contributed by atoms with Crippen LogP contribution in [0.2, 0.25) is 0 Å². The summed E-state index contributed by atoms with van der Waals surface area (Å²) in [6.45, 7) is 1.56. The second-order valence-electron chi connectivity index (χ2n) is 3.88. The topological polar surface area (TPSA) is 40.5 Å². The van der Waals surface area contributed by atoms with E-state index in [2.05, 4.69) is 33.0 Å². The van der Waals surface area contributed by atoms with Gasteiger partial charge < -0.3 is 10.0 Å². The summed E-state index contributed by atoms with van der Waals surface area (Å²) in [6, 6.07) is 8.23. The number of carbonyl (C=O) groups is 1. The average Bonchev–Trinajstić information content (AvgIpc) is 2.28. The Hall–Kier alpha value is -1.13. The smallest absolute Gasteiger partial charge is 0.328 e. The van der Waals surface area contributed by atoms with E-state index in [0.717, 1.165) is 17.4 Å². The van der Waals surface area contributed by atoms with E-state index in [1.165, 1.54) is 11.6 Å².